The molecular weight excluding hydrogens is 300 g/mol. The molecule has 3 fully saturated rings. The molecule has 7 atom stereocenters. The molecule has 3 heteroatoms. The number of carbonyl (C=O) groups excluding carboxylic acids is 1. The molecule has 3 nitrogen and oxygen atoms in total. The topological polar surface area (TPSA) is 57.5 Å². The summed E-state index contributed by atoms with van der Waals surface area (Å²) in [6, 6.07) is 0. The first kappa shape index (κ1) is 16.8. The maximum Gasteiger partial charge on any atom is 0.161 e. The minimum atomic E-state index is -0.291. The zero-order chi connectivity index (χ0) is 17.1. The van der Waals surface area contributed by atoms with E-state index in [1.165, 1.54) is 12.0 Å². The zero-order valence-electron chi connectivity index (χ0n) is 15.1. The third-order valence-corrected chi connectivity index (χ3v) is 8.62. The van der Waals surface area contributed by atoms with Crippen LogP contribution in [-0.4, -0.2) is 28.7 Å². The summed E-state index contributed by atoms with van der Waals surface area (Å²) in [5.41, 5.74) is 1.87. The molecule has 0 aromatic heterocycles. The number of rotatable bonds is 2. The van der Waals surface area contributed by atoms with Crippen LogP contribution in [0.1, 0.15) is 65.2 Å². The van der Waals surface area contributed by atoms with E-state index in [0.29, 0.717) is 17.8 Å². The van der Waals surface area contributed by atoms with Gasteiger partial charge in [0, 0.05) is 5.92 Å². The van der Waals surface area contributed by atoms with Crippen LogP contribution in [0.25, 0.3) is 0 Å². The highest BCUT2D eigenvalue weighted by molar-refractivity contribution is 5.83. The van der Waals surface area contributed by atoms with Crippen LogP contribution in [0.2, 0.25) is 0 Å². The van der Waals surface area contributed by atoms with E-state index in [4.69, 9.17) is 0 Å². The Labute approximate surface area is 145 Å². The Hall–Kier alpha value is -0.670. The molecule has 0 aromatic carbocycles. The maximum atomic E-state index is 12.3. The standard InChI is InChI=1S/C21H32O3/c1-20-9-7-14(23)11-13(20)3-4-15-16-5-6-18(19(24)12-22)21(16,2)10-8-17(15)20/h3,14-18,22-23H,4-12H2,1-2H3/t14-,15-,16-,17+,18+,20-,21-/m0/s1. The first-order valence-corrected chi connectivity index (χ1v) is 9.91. The Kier molecular flexibility index (Phi) is 3.96. The molecule has 0 aliphatic heterocycles. The lowest BCUT2D eigenvalue weighted by Crippen LogP contribution is -2.51. The highest BCUT2D eigenvalue weighted by Gasteiger charge is 2.59. The Bertz CT molecular complexity index is 567. The largest absolute Gasteiger partial charge is 0.393 e. The molecule has 24 heavy (non-hydrogen) atoms. The number of aliphatic hydroxyl groups excluding tert-OH is 2. The summed E-state index contributed by atoms with van der Waals surface area (Å²) < 4.78 is 0. The third-order valence-electron chi connectivity index (χ3n) is 8.62. The van der Waals surface area contributed by atoms with Gasteiger partial charge in [0.25, 0.3) is 0 Å². The van der Waals surface area contributed by atoms with Gasteiger partial charge < -0.3 is 10.2 Å². The molecule has 4 rings (SSSR count). The number of hydrogen-bond acceptors (Lipinski definition) is 3. The van der Waals surface area contributed by atoms with Crippen molar-refractivity contribution in [3.05, 3.63) is 11.6 Å². The van der Waals surface area contributed by atoms with Crippen LogP contribution in [0.15, 0.2) is 11.6 Å². The fourth-order valence-corrected chi connectivity index (χ4v) is 7.28. The van der Waals surface area contributed by atoms with Crippen molar-refractivity contribution in [2.45, 2.75) is 71.3 Å². The van der Waals surface area contributed by atoms with Crippen molar-refractivity contribution in [2.75, 3.05) is 6.61 Å². The molecule has 0 aromatic rings. The van der Waals surface area contributed by atoms with Crippen molar-refractivity contribution in [1.82, 2.24) is 0 Å². The van der Waals surface area contributed by atoms with E-state index in [0.717, 1.165) is 44.9 Å². The van der Waals surface area contributed by atoms with E-state index in [1.807, 2.05) is 0 Å². The lowest BCUT2D eigenvalue weighted by Gasteiger charge is -2.57. The number of ketones is 1. The van der Waals surface area contributed by atoms with Gasteiger partial charge in [-0.2, -0.15) is 0 Å². The monoisotopic (exact) mass is 332 g/mol. The maximum absolute atomic E-state index is 12.3. The van der Waals surface area contributed by atoms with Crippen LogP contribution in [0.5, 0.6) is 0 Å². The number of carbonyl (C=O) groups is 1. The van der Waals surface area contributed by atoms with Gasteiger partial charge in [-0.05, 0) is 80.0 Å². The molecule has 134 valence electrons. The Morgan fingerprint density at radius 1 is 1.17 bits per heavy atom. The van der Waals surface area contributed by atoms with Crippen LogP contribution >= 0.6 is 0 Å². The highest BCUT2D eigenvalue weighted by atomic mass is 16.3. The second-order valence-electron chi connectivity index (χ2n) is 9.45. The van der Waals surface area contributed by atoms with Crippen molar-refractivity contribution in [1.29, 1.82) is 0 Å². The molecule has 3 saturated carbocycles. The molecule has 0 radical (unpaired) electrons. The molecular formula is C21H32O3. The normalized spacial score (nSPS) is 50.5. The summed E-state index contributed by atoms with van der Waals surface area (Å²) in [6.07, 6.45) is 10.8. The van der Waals surface area contributed by atoms with Crippen molar-refractivity contribution in [2.24, 2.45) is 34.5 Å². The van der Waals surface area contributed by atoms with Gasteiger partial charge in [0.1, 0.15) is 6.61 Å². The summed E-state index contributed by atoms with van der Waals surface area (Å²) >= 11 is 0. The van der Waals surface area contributed by atoms with Crippen molar-refractivity contribution in [3.8, 4) is 0 Å². The van der Waals surface area contributed by atoms with Crippen LogP contribution in [0, 0.1) is 34.5 Å². The Morgan fingerprint density at radius 3 is 2.71 bits per heavy atom. The summed E-state index contributed by atoms with van der Waals surface area (Å²) in [5.74, 6) is 2.16. The SMILES string of the molecule is C[C@]12CC[C@@H]3[C@@H](CC=C4C[C@@H](O)CC[C@@]43C)[C@@H]1CC[C@@H]2C(=O)CO. The van der Waals surface area contributed by atoms with E-state index in [1.54, 1.807) is 0 Å². The fraction of sp³-hybridized carbons (Fsp3) is 0.857. The van der Waals surface area contributed by atoms with Crippen LogP contribution in [0.4, 0.5) is 0 Å². The van der Waals surface area contributed by atoms with Crippen LogP contribution in [-0.2, 0) is 4.79 Å². The predicted octanol–water partition coefficient (Wildman–Crippen LogP) is 3.49. The molecule has 0 spiro atoms. The lowest BCUT2D eigenvalue weighted by molar-refractivity contribution is -0.132. The molecule has 4 aliphatic rings. The van der Waals surface area contributed by atoms with E-state index in [-0.39, 0.29) is 35.2 Å². The molecule has 4 aliphatic carbocycles. The molecule has 2 N–H and O–H groups in total. The van der Waals surface area contributed by atoms with Gasteiger partial charge in [0.15, 0.2) is 5.78 Å². The molecule has 0 saturated heterocycles. The van der Waals surface area contributed by atoms with E-state index < -0.39 is 0 Å². The number of fused-ring (bicyclic) bond motifs is 5. The van der Waals surface area contributed by atoms with Gasteiger partial charge in [-0.3, -0.25) is 4.79 Å². The zero-order valence-corrected chi connectivity index (χ0v) is 15.1. The van der Waals surface area contributed by atoms with Gasteiger partial charge in [0.05, 0.1) is 6.10 Å². The van der Waals surface area contributed by atoms with Crippen molar-refractivity contribution >= 4 is 5.78 Å². The number of Topliss-reactive ketones (excluding diaryl/α,β-unsaturated/α-hetero) is 1. The minimum Gasteiger partial charge on any atom is -0.393 e. The summed E-state index contributed by atoms with van der Waals surface area (Å²) in [4.78, 5) is 12.3. The quantitative estimate of drug-likeness (QED) is 0.761. The number of hydrogen-bond donors (Lipinski definition) is 2. The number of allylic oxidation sites excluding steroid dienone is 1. The smallest absolute Gasteiger partial charge is 0.161 e. The average molecular weight is 332 g/mol. The third kappa shape index (κ3) is 2.20. The van der Waals surface area contributed by atoms with Gasteiger partial charge in [-0.1, -0.05) is 25.5 Å². The van der Waals surface area contributed by atoms with Crippen LogP contribution in [0.3, 0.4) is 0 Å². The Morgan fingerprint density at radius 2 is 1.96 bits per heavy atom. The van der Waals surface area contributed by atoms with E-state index >= 15 is 0 Å². The van der Waals surface area contributed by atoms with Crippen LogP contribution < -0.4 is 0 Å². The van der Waals surface area contributed by atoms with Gasteiger partial charge in [0.2, 0.25) is 0 Å². The molecule has 0 unspecified atom stereocenters. The van der Waals surface area contributed by atoms with Crippen molar-refractivity contribution in [3.63, 3.8) is 0 Å². The first-order chi connectivity index (χ1) is 11.4. The molecule has 0 bridgehead atoms. The lowest BCUT2D eigenvalue weighted by atomic mass is 9.47. The summed E-state index contributed by atoms with van der Waals surface area (Å²) in [7, 11) is 0. The summed E-state index contributed by atoms with van der Waals surface area (Å²) in [5, 5.41) is 19.4. The number of aliphatic hydroxyl groups is 2. The molecule has 0 heterocycles. The average Bonchev–Trinajstić information content (AvgIpc) is 2.92. The van der Waals surface area contributed by atoms with E-state index in [9.17, 15) is 15.0 Å². The van der Waals surface area contributed by atoms with Gasteiger partial charge in [-0.15, -0.1) is 0 Å². The summed E-state index contributed by atoms with van der Waals surface area (Å²) in [6.45, 7) is 4.47. The first-order valence-electron chi connectivity index (χ1n) is 9.91. The fourth-order valence-electron chi connectivity index (χ4n) is 7.28. The van der Waals surface area contributed by atoms with Crippen molar-refractivity contribution < 1.29 is 15.0 Å². The second-order valence-corrected chi connectivity index (χ2v) is 9.45. The minimum absolute atomic E-state index is 0.0671. The van der Waals surface area contributed by atoms with E-state index in [2.05, 4.69) is 19.9 Å². The van der Waals surface area contributed by atoms with Gasteiger partial charge >= 0.3 is 0 Å². The highest BCUT2D eigenvalue weighted by Crippen LogP contribution is 2.66. The second kappa shape index (κ2) is 5.67. The predicted molar refractivity (Wildman–Crippen MR) is 93.3 cm³/mol. The molecule has 0 amide bonds. The Balaban J connectivity index is 1.64. The van der Waals surface area contributed by atoms with Gasteiger partial charge in [-0.25, -0.2) is 0 Å².